The summed E-state index contributed by atoms with van der Waals surface area (Å²) in [4.78, 5) is 22.2. The summed E-state index contributed by atoms with van der Waals surface area (Å²) < 4.78 is 0. The number of nitrogens with one attached hydrogen (secondary N) is 1. The third-order valence-corrected chi connectivity index (χ3v) is 2.83. The minimum absolute atomic E-state index is 0.164. The Morgan fingerprint density at radius 2 is 2.05 bits per heavy atom. The fraction of sp³-hybridized carbons (Fsp3) is 0.400. The Labute approximate surface area is 118 Å². The molecular formula is C15H18N2O3. The molecule has 5 heteroatoms. The second-order valence-corrected chi connectivity index (χ2v) is 4.50. The molecule has 0 aliphatic rings. The van der Waals surface area contributed by atoms with E-state index >= 15 is 0 Å². The van der Waals surface area contributed by atoms with Crippen molar-refractivity contribution in [2.24, 2.45) is 0 Å². The standard InChI is InChI=1S/C15H18N2O3/c16-9-8-12-5-4-6-13(11-12)15(20)17-10-3-1-2-7-14(18)19/h4-6,11H,1-3,7-8,10H2,(H,17,20)(H,18,19). The van der Waals surface area contributed by atoms with E-state index in [2.05, 4.69) is 5.32 Å². The molecule has 1 aromatic rings. The van der Waals surface area contributed by atoms with Crippen LogP contribution in [0.4, 0.5) is 0 Å². The van der Waals surface area contributed by atoms with Gasteiger partial charge < -0.3 is 10.4 Å². The van der Waals surface area contributed by atoms with Crippen molar-refractivity contribution in [3.63, 3.8) is 0 Å². The van der Waals surface area contributed by atoms with Crippen LogP contribution in [0.3, 0.4) is 0 Å². The number of carboxylic acid groups (broad SMARTS) is 1. The van der Waals surface area contributed by atoms with Crippen molar-refractivity contribution < 1.29 is 14.7 Å². The van der Waals surface area contributed by atoms with Gasteiger partial charge in [-0.1, -0.05) is 18.6 Å². The Morgan fingerprint density at radius 3 is 2.75 bits per heavy atom. The third-order valence-electron chi connectivity index (χ3n) is 2.83. The molecule has 0 unspecified atom stereocenters. The molecule has 2 N–H and O–H groups in total. The second kappa shape index (κ2) is 8.70. The molecule has 0 aliphatic carbocycles. The van der Waals surface area contributed by atoms with Gasteiger partial charge in [0.25, 0.3) is 5.91 Å². The number of carbonyl (C=O) groups is 2. The van der Waals surface area contributed by atoms with E-state index in [1.807, 2.05) is 12.1 Å². The summed E-state index contributed by atoms with van der Waals surface area (Å²) in [5.41, 5.74) is 1.37. The Morgan fingerprint density at radius 1 is 1.25 bits per heavy atom. The number of nitrogens with zero attached hydrogens (tertiary/aromatic N) is 1. The monoisotopic (exact) mass is 274 g/mol. The largest absolute Gasteiger partial charge is 0.481 e. The van der Waals surface area contributed by atoms with Gasteiger partial charge in [0, 0.05) is 18.5 Å². The molecule has 0 aromatic heterocycles. The molecular weight excluding hydrogens is 256 g/mol. The van der Waals surface area contributed by atoms with E-state index in [-0.39, 0.29) is 18.7 Å². The summed E-state index contributed by atoms with van der Waals surface area (Å²) in [5, 5.41) is 19.9. The van der Waals surface area contributed by atoms with Crippen LogP contribution in [0.25, 0.3) is 0 Å². The van der Waals surface area contributed by atoms with Crippen LogP contribution in [-0.2, 0) is 11.2 Å². The lowest BCUT2D eigenvalue weighted by atomic mass is 10.1. The molecule has 0 atom stereocenters. The van der Waals surface area contributed by atoms with Crippen molar-refractivity contribution >= 4 is 11.9 Å². The van der Waals surface area contributed by atoms with Gasteiger partial charge in [0.1, 0.15) is 0 Å². The average molecular weight is 274 g/mol. The molecule has 0 radical (unpaired) electrons. The molecule has 0 spiro atoms. The van der Waals surface area contributed by atoms with E-state index in [0.29, 0.717) is 18.5 Å². The zero-order valence-corrected chi connectivity index (χ0v) is 11.3. The van der Waals surface area contributed by atoms with Gasteiger partial charge >= 0.3 is 5.97 Å². The van der Waals surface area contributed by atoms with E-state index in [1.54, 1.807) is 18.2 Å². The molecule has 0 heterocycles. The van der Waals surface area contributed by atoms with Gasteiger partial charge in [-0.15, -0.1) is 0 Å². The van der Waals surface area contributed by atoms with Gasteiger partial charge in [-0.25, -0.2) is 0 Å². The van der Waals surface area contributed by atoms with Crippen molar-refractivity contribution in [1.29, 1.82) is 5.26 Å². The lowest BCUT2D eigenvalue weighted by Crippen LogP contribution is -2.24. The van der Waals surface area contributed by atoms with Crippen LogP contribution < -0.4 is 5.32 Å². The quantitative estimate of drug-likeness (QED) is 0.710. The van der Waals surface area contributed by atoms with Crippen LogP contribution in [0.1, 0.15) is 41.6 Å². The fourth-order valence-corrected chi connectivity index (χ4v) is 1.80. The summed E-state index contributed by atoms with van der Waals surface area (Å²) in [6.07, 6.45) is 2.63. The number of hydrogen-bond acceptors (Lipinski definition) is 3. The molecule has 0 saturated heterocycles. The molecule has 0 saturated carbocycles. The summed E-state index contributed by atoms with van der Waals surface area (Å²) in [6.45, 7) is 0.529. The van der Waals surface area contributed by atoms with Crippen LogP contribution in [-0.4, -0.2) is 23.5 Å². The number of hydrogen-bond donors (Lipinski definition) is 2. The van der Waals surface area contributed by atoms with Crippen molar-refractivity contribution in [2.75, 3.05) is 6.54 Å². The fourth-order valence-electron chi connectivity index (χ4n) is 1.80. The summed E-state index contributed by atoms with van der Waals surface area (Å²) >= 11 is 0. The van der Waals surface area contributed by atoms with Gasteiger partial charge in [-0.05, 0) is 30.5 Å². The Kier molecular flexibility index (Phi) is 6.83. The van der Waals surface area contributed by atoms with Crippen LogP contribution >= 0.6 is 0 Å². The number of carbonyl (C=O) groups excluding carboxylic acids is 1. The number of benzene rings is 1. The molecule has 0 bridgehead atoms. The third kappa shape index (κ3) is 6.01. The number of carboxylic acids is 1. The van der Waals surface area contributed by atoms with Gasteiger partial charge in [0.2, 0.25) is 0 Å². The highest BCUT2D eigenvalue weighted by molar-refractivity contribution is 5.94. The first-order valence-corrected chi connectivity index (χ1v) is 6.59. The summed E-state index contributed by atoms with van der Waals surface area (Å²) in [5.74, 6) is -0.952. The highest BCUT2D eigenvalue weighted by Gasteiger charge is 2.05. The number of aliphatic carboxylic acids is 1. The SMILES string of the molecule is N#CCc1cccc(C(=O)NCCCCCC(=O)O)c1. The Balaban J connectivity index is 2.30. The first-order valence-electron chi connectivity index (χ1n) is 6.59. The minimum atomic E-state index is -0.789. The predicted octanol–water partition coefficient (Wildman–Crippen LogP) is 2.13. The van der Waals surface area contributed by atoms with Crippen molar-refractivity contribution in [3.8, 4) is 6.07 Å². The van der Waals surface area contributed by atoms with E-state index < -0.39 is 5.97 Å². The lowest BCUT2D eigenvalue weighted by Gasteiger charge is -2.06. The number of rotatable bonds is 8. The van der Waals surface area contributed by atoms with Crippen LogP contribution in [0, 0.1) is 11.3 Å². The summed E-state index contributed by atoms with van der Waals surface area (Å²) in [7, 11) is 0. The molecule has 1 aromatic carbocycles. The van der Waals surface area contributed by atoms with E-state index in [1.165, 1.54) is 0 Å². The molecule has 5 nitrogen and oxygen atoms in total. The topological polar surface area (TPSA) is 90.2 Å². The van der Waals surface area contributed by atoms with E-state index in [0.717, 1.165) is 18.4 Å². The van der Waals surface area contributed by atoms with Gasteiger partial charge in [0.05, 0.1) is 12.5 Å². The van der Waals surface area contributed by atoms with E-state index in [9.17, 15) is 9.59 Å². The van der Waals surface area contributed by atoms with Gasteiger partial charge in [0.15, 0.2) is 0 Å². The maximum absolute atomic E-state index is 11.9. The molecule has 1 rings (SSSR count). The number of amides is 1. The normalized spacial score (nSPS) is 9.75. The maximum Gasteiger partial charge on any atom is 0.303 e. The second-order valence-electron chi connectivity index (χ2n) is 4.50. The molecule has 1 amide bonds. The summed E-state index contributed by atoms with van der Waals surface area (Å²) in [6, 6.07) is 9.04. The maximum atomic E-state index is 11.9. The highest BCUT2D eigenvalue weighted by atomic mass is 16.4. The Hall–Kier alpha value is -2.35. The number of nitriles is 1. The smallest absolute Gasteiger partial charge is 0.303 e. The average Bonchev–Trinajstić information content (AvgIpc) is 2.43. The molecule has 106 valence electrons. The minimum Gasteiger partial charge on any atom is -0.481 e. The molecule has 0 aliphatic heterocycles. The molecule has 0 fully saturated rings. The molecule has 20 heavy (non-hydrogen) atoms. The first kappa shape index (κ1) is 15.7. The zero-order chi connectivity index (χ0) is 14.8. The van der Waals surface area contributed by atoms with Crippen LogP contribution in [0.15, 0.2) is 24.3 Å². The highest BCUT2D eigenvalue weighted by Crippen LogP contribution is 2.06. The van der Waals surface area contributed by atoms with E-state index in [4.69, 9.17) is 10.4 Å². The first-order chi connectivity index (χ1) is 9.63. The lowest BCUT2D eigenvalue weighted by molar-refractivity contribution is -0.137. The van der Waals surface area contributed by atoms with Crippen LogP contribution in [0.5, 0.6) is 0 Å². The van der Waals surface area contributed by atoms with Gasteiger partial charge in [-0.3, -0.25) is 9.59 Å². The van der Waals surface area contributed by atoms with Crippen molar-refractivity contribution in [1.82, 2.24) is 5.32 Å². The Bertz CT molecular complexity index is 506. The van der Waals surface area contributed by atoms with Crippen molar-refractivity contribution in [2.45, 2.75) is 32.1 Å². The van der Waals surface area contributed by atoms with Gasteiger partial charge in [-0.2, -0.15) is 5.26 Å². The number of unbranched alkanes of at least 4 members (excludes halogenated alkanes) is 2. The zero-order valence-electron chi connectivity index (χ0n) is 11.3. The van der Waals surface area contributed by atoms with Crippen LogP contribution in [0.2, 0.25) is 0 Å². The predicted molar refractivity (Wildman–Crippen MR) is 74.2 cm³/mol. The van der Waals surface area contributed by atoms with Crippen molar-refractivity contribution in [3.05, 3.63) is 35.4 Å².